The lowest BCUT2D eigenvalue weighted by atomic mass is 9.92. The van der Waals surface area contributed by atoms with Crippen molar-refractivity contribution >= 4 is 39.0 Å². The lowest BCUT2D eigenvalue weighted by Gasteiger charge is -2.34. The average molecular weight is 415 g/mol. The molecule has 0 spiro atoms. The minimum absolute atomic E-state index is 0.215. The summed E-state index contributed by atoms with van der Waals surface area (Å²) in [6.45, 7) is 5.99. The summed E-state index contributed by atoms with van der Waals surface area (Å²) in [5.74, 6) is 0. The van der Waals surface area contributed by atoms with Gasteiger partial charge in [-0.25, -0.2) is 8.51 Å². The van der Waals surface area contributed by atoms with E-state index in [1.807, 2.05) is 69.5 Å². The number of halogens is 1. The first-order valence-corrected chi connectivity index (χ1v) is 10.8. The van der Waals surface area contributed by atoms with Crippen LogP contribution in [0.25, 0.3) is 10.8 Å². The molecule has 2 atom stereocenters. The summed E-state index contributed by atoms with van der Waals surface area (Å²) in [6.07, 6.45) is 0. The summed E-state index contributed by atoms with van der Waals surface area (Å²) < 4.78 is 14.9. The molecule has 0 radical (unpaired) electrons. The Balaban J connectivity index is 2.29. The van der Waals surface area contributed by atoms with Gasteiger partial charge in [0, 0.05) is 24.8 Å². The molecule has 148 valence electrons. The molecule has 28 heavy (non-hydrogen) atoms. The molecule has 3 aromatic carbocycles. The number of rotatable bonds is 5. The van der Waals surface area contributed by atoms with E-state index in [1.165, 1.54) is 0 Å². The SMILES string of the molecule is CNc1ccc(Cl)cc1[C@@H](c1cccc2ccccc12)N(C)[S@](=O)C(C)(C)C. The van der Waals surface area contributed by atoms with Gasteiger partial charge in [0.05, 0.1) is 10.8 Å². The van der Waals surface area contributed by atoms with Crippen LogP contribution in [0.4, 0.5) is 5.69 Å². The Labute approximate surface area is 175 Å². The first-order valence-electron chi connectivity index (χ1n) is 9.33. The van der Waals surface area contributed by atoms with Crippen molar-refractivity contribution in [2.75, 3.05) is 19.4 Å². The van der Waals surface area contributed by atoms with Gasteiger partial charge in [-0.05, 0) is 60.9 Å². The van der Waals surface area contributed by atoms with Gasteiger partial charge >= 0.3 is 0 Å². The maximum atomic E-state index is 13.4. The molecule has 0 aliphatic rings. The van der Waals surface area contributed by atoms with Crippen molar-refractivity contribution in [3.8, 4) is 0 Å². The predicted molar refractivity (Wildman–Crippen MR) is 122 cm³/mol. The highest BCUT2D eigenvalue weighted by Gasteiger charge is 2.32. The number of benzene rings is 3. The fourth-order valence-corrected chi connectivity index (χ4v) is 5.03. The second-order valence-corrected chi connectivity index (χ2v) is 10.6. The quantitative estimate of drug-likeness (QED) is 0.553. The molecule has 0 amide bonds. The van der Waals surface area contributed by atoms with Gasteiger partial charge in [-0.2, -0.15) is 0 Å². The number of fused-ring (bicyclic) bond motifs is 1. The van der Waals surface area contributed by atoms with Gasteiger partial charge in [0.2, 0.25) is 0 Å². The molecule has 0 fully saturated rings. The van der Waals surface area contributed by atoms with Crippen LogP contribution in [0.1, 0.15) is 37.9 Å². The van der Waals surface area contributed by atoms with E-state index in [0.717, 1.165) is 27.6 Å². The van der Waals surface area contributed by atoms with Crippen LogP contribution in [0.3, 0.4) is 0 Å². The first kappa shape index (κ1) is 20.8. The lowest BCUT2D eigenvalue weighted by molar-refractivity contribution is 0.442. The normalized spacial score (nSPS) is 14.2. The molecule has 0 heterocycles. The Morgan fingerprint density at radius 2 is 1.68 bits per heavy atom. The van der Waals surface area contributed by atoms with Gasteiger partial charge in [0.1, 0.15) is 11.0 Å². The molecule has 3 rings (SSSR count). The van der Waals surface area contributed by atoms with E-state index in [4.69, 9.17) is 11.6 Å². The Morgan fingerprint density at radius 3 is 2.36 bits per heavy atom. The third kappa shape index (κ3) is 4.09. The van der Waals surface area contributed by atoms with Gasteiger partial charge in [-0.1, -0.05) is 54.1 Å². The molecule has 0 aliphatic heterocycles. The summed E-state index contributed by atoms with van der Waals surface area (Å²) >= 11 is 6.38. The molecule has 5 heteroatoms. The van der Waals surface area contributed by atoms with Crippen molar-refractivity contribution in [1.82, 2.24) is 4.31 Å². The van der Waals surface area contributed by atoms with Crippen LogP contribution in [-0.2, 0) is 11.0 Å². The van der Waals surface area contributed by atoms with Crippen LogP contribution in [0, 0.1) is 0 Å². The average Bonchev–Trinajstić information content (AvgIpc) is 2.67. The highest BCUT2D eigenvalue weighted by atomic mass is 35.5. The van der Waals surface area contributed by atoms with Gasteiger partial charge in [-0.3, -0.25) is 0 Å². The first-order chi connectivity index (χ1) is 13.2. The van der Waals surface area contributed by atoms with E-state index in [0.29, 0.717) is 5.02 Å². The number of nitrogens with zero attached hydrogens (tertiary/aromatic N) is 1. The van der Waals surface area contributed by atoms with E-state index in [2.05, 4.69) is 35.6 Å². The molecule has 0 bridgehead atoms. The van der Waals surface area contributed by atoms with Crippen molar-refractivity contribution in [3.63, 3.8) is 0 Å². The molecule has 0 unspecified atom stereocenters. The Bertz CT molecular complexity index is 1010. The Morgan fingerprint density at radius 1 is 1.00 bits per heavy atom. The number of hydrogen-bond donors (Lipinski definition) is 1. The highest BCUT2D eigenvalue weighted by Crippen LogP contribution is 2.39. The van der Waals surface area contributed by atoms with Gasteiger partial charge in [0.25, 0.3) is 0 Å². The van der Waals surface area contributed by atoms with E-state index in [-0.39, 0.29) is 10.8 Å². The maximum Gasteiger partial charge on any atom is 0.100 e. The van der Waals surface area contributed by atoms with Crippen LogP contribution >= 0.6 is 11.6 Å². The third-order valence-electron chi connectivity index (χ3n) is 4.84. The number of anilines is 1. The summed E-state index contributed by atoms with van der Waals surface area (Å²) in [7, 11) is 2.61. The second-order valence-electron chi connectivity index (χ2n) is 7.86. The molecule has 0 aromatic heterocycles. The zero-order valence-electron chi connectivity index (χ0n) is 17.0. The fourth-order valence-electron chi connectivity index (χ4n) is 3.56. The van der Waals surface area contributed by atoms with Crippen molar-refractivity contribution in [1.29, 1.82) is 0 Å². The van der Waals surface area contributed by atoms with Crippen LogP contribution in [0.5, 0.6) is 0 Å². The minimum Gasteiger partial charge on any atom is -0.388 e. The number of hydrogen-bond acceptors (Lipinski definition) is 2. The molecule has 3 aromatic rings. The number of nitrogens with one attached hydrogen (secondary N) is 1. The van der Waals surface area contributed by atoms with Crippen LogP contribution in [0.15, 0.2) is 60.7 Å². The summed E-state index contributed by atoms with van der Waals surface area (Å²) in [5.41, 5.74) is 3.09. The molecule has 3 nitrogen and oxygen atoms in total. The molecule has 0 aliphatic carbocycles. The van der Waals surface area contributed by atoms with Gasteiger partial charge in [-0.15, -0.1) is 0 Å². The Kier molecular flexibility index (Phi) is 6.13. The van der Waals surface area contributed by atoms with E-state index in [1.54, 1.807) is 0 Å². The highest BCUT2D eigenvalue weighted by molar-refractivity contribution is 7.84. The maximum absolute atomic E-state index is 13.4. The van der Waals surface area contributed by atoms with Crippen LogP contribution in [0.2, 0.25) is 5.02 Å². The zero-order valence-corrected chi connectivity index (χ0v) is 18.6. The summed E-state index contributed by atoms with van der Waals surface area (Å²) in [5, 5.41) is 6.24. The Hall–Kier alpha value is -1.88. The van der Waals surface area contributed by atoms with Crippen molar-refractivity contribution in [2.45, 2.75) is 31.6 Å². The van der Waals surface area contributed by atoms with Gasteiger partial charge < -0.3 is 5.32 Å². The van der Waals surface area contributed by atoms with Gasteiger partial charge in [0.15, 0.2) is 0 Å². The molecule has 0 saturated heterocycles. The van der Waals surface area contributed by atoms with Crippen LogP contribution < -0.4 is 5.32 Å². The van der Waals surface area contributed by atoms with Crippen LogP contribution in [-0.4, -0.2) is 27.4 Å². The molecular formula is C23H27ClN2OS. The summed E-state index contributed by atoms with van der Waals surface area (Å²) in [4.78, 5) is 0. The fraction of sp³-hybridized carbons (Fsp3) is 0.304. The van der Waals surface area contributed by atoms with Crippen molar-refractivity contribution < 1.29 is 4.21 Å². The van der Waals surface area contributed by atoms with Crippen molar-refractivity contribution in [3.05, 3.63) is 76.8 Å². The third-order valence-corrected chi connectivity index (χ3v) is 6.86. The second kappa shape index (κ2) is 8.24. The molecule has 0 saturated carbocycles. The largest absolute Gasteiger partial charge is 0.388 e. The zero-order chi connectivity index (χ0) is 20.5. The minimum atomic E-state index is -1.21. The lowest BCUT2D eigenvalue weighted by Crippen LogP contribution is -2.38. The topological polar surface area (TPSA) is 32.3 Å². The van der Waals surface area contributed by atoms with E-state index < -0.39 is 11.0 Å². The van der Waals surface area contributed by atoms with E-state index >= 15 is 0 Å². The summed E-state index contributed by atoms with van der Waals surface area (Å²) in [6, 6.07) is 20.2. The molecule has 1 N–H and O–H groups in total. The standard InChI is InChI=1S/C23H27ClN2OS/c1-23(2,3)28(27)26(5)22(20-15-17(24)13-14-21(20)25-4)19-12-8-10-16-9-6-7-11-18(16)19/h6-15,22,25H,1-5H3/t22-,28-/m1/s1. The predicted octanol–water partition coefficient (Wildman–Crippen LogP) is 6.02. The van der Waals surface area contributed by atoms with Crippen molar-refractivity contribution in [2.24, 2.45) is 0 Å². The molecular weight excluding hydrogens is 388 g/mol. The monoisotopic (exact) mass is 414 g/mol. The smallest absolute Gasteiger partial charge is 0.100 e. The van der Waals surface area contributed by atoms with E-state index in [9.17, 15) is 4.21 Å².